The van der Waals surface area contributed by atoms with E-state index < -0.39 is 11.6 Å². The van der Waals surface area contributed by atoms with Crippen molar-refractivity contribution < 1.29 is 13.5 Å². The van der Waals surface area contributed by atoms with Crippen LogP contribution in [0.2, 0.25) is 0 Å². The van der Waals surface area contributed by atoms with Crippen LogP contribution in [0.25, 0.3) is 0 Å². The summed E-state index contributed by atoms with van der Waals surface area (Å²) in [5.41, 5.74) is 7.68. The molecule has 0 atom stereocenters. The van der Waals surface area contributed by atoms with Gasteiger partial charge in [0.2, 0.25) is 0 Å². The number of benzene rings is 2. The first-order valence-corrected chi connectivity index (χ1v) is 5.71. The summed E-state index contributed by atoms with van der Waals surface area (Å²) < 4.78 is 30.9. The lowest BCUT2D eigenvalue weighted by Crippen LogP contribution is -2.03. The summed E-state index contributed by atoms with van der Waals surface area (Å²) >= 11 is 0. The van der Waals surface area contributed by atoms with Crippen LogP contribution in [0.4, 0.5) is 20.2 Å². The summed E-state index contributed by atoms with van der Waals surface area (Å²) in [6.45, 7) is 0.342. The van der Waals surface area contributed by atoms with E-state index in [-0.39, 0.29) is 0 Å². The SMILES string of the molecule is COc1ccc(N)c(NCc2ccc(F)c(F)c2)c1. The molecule has 5 heteroatoms. The lowest BCUT2D eigenvalue weighted by molar-refractivity contribution is 0.415. The van der Waals surface area contributed by atoms with Gasteiger partial charge in [-0.25, -0.2) is 8.78 Å². The van der Waals surface area contributed by atoms with Crippen LogP contribution in [-0.2, 0) is 6.54 Å². The molecule has 0 fully saturated rings. The Morgan fingerprint density at radius 2 is 1.89 bits per heavy atom. The third-order valence-electron chi connectivity index (χ3n) is 2.73. The van der Waals surface area contributed by atoms with Crippen molar-refractivity contribution in [2.24, 2.45) is 0 Å². The van der Waals surface area contributed by atoms with E-state index in [1.54, 1.807) is 25.3 Å². The molecule has 0 amide bonds. The van der Waals surface area contributed by atoms with Crippen LogP contribution in [0.3, 0.4) is 0 Å². The van der Waals surface area contributed by atoms with E-state index in [0.717, 1.165) is 12.1 Å². The molecular weight excluding hydrogens is 250 g/mol. The smallest absolute Gasteiger partial charge is 0.159 e. The van der Waals surface area contributed by atoms with Crippen LogP contribution < -0.4 is 15.8 Å². The lowest BCUT2D eigenvalue weighted by Gasteiger charge is -2.11. The third kappa shape index (κ3) is 3.13. The molecular formula is C14H14F2N2O. The van der Waals surface area contributed by atoms with Gasteiger partial charge in [0, 0.05) is 12.6 Å². The summed E-state index contributed by atoms with van der Waals surface area (Å²) in [5, 5.41) is 3.06. The van der Waals surface area contributed by atoms with Crippen LogP contribution in [-0.4, -0.2) is 7.11 Å². The minimum atomic E-state index is -0.863. The molecule has 100 valence electrons. The predicted molar refractivity (Wildman–Crippen MR) is 71.1 cm³/mol. The molecule has 2 aromatic rings. The van der Waals surface area contributed by atoms with Gasteiger partial charge >= 0.3 is 0 Å². The number of hydrogen-bond donors (Lipinski definition) is 2. The first-order chi connectivity index (χ1) is 9.10. The maximum Gasteiger partial charge on any atom is 0.159 e. The fraction of sp³-hybridized carbons (Fsp3) is 0.143. The topological polar surface area (TPSA) is 47.3 Å². The van der Waals surface area contributed by atoms with Crippen LogP contribution in [0.5, 0.6) is 5.75 Å². The molecule has 2 aromatic carbocycles. The quantitative estimate of drug-likeness (QED) is 0.834. The Morgan fingerprint density at radius 3 is 2.58 bits per heavy atom. The Bertz CT molecular complexity index is 588. The van der Waals surface area contributed by atoms with E-state index in [2.05, 4.69) is 5.32 Å². The normalized spacial score (nSPS) is 10.3. The molecule has 0 bridgehead atoms. The zero-order valence-electron chi connectivity index (χ0n) is 10.4. The summed E-state index contributed by atoms with van der Waals surface area (Å²) in [7, 11) is 1.56. The van der Waals surface area contributed by atoms with Crippen molar-refractivity contribution in [2.45, 2.75) is 6.54 Å². The van der Waals surface area contributed by atoms with Gasteiger partial charge in [0.25, 0.3) is 0 Å². The number of halogens is 2. The van der Waals surface area contributed by atoms with Crippen molar-refractivity contribution in [3.05, 3.63) is 53.6 Å². The van der Waals surface area contributed by atoms with Crippen molar-refractivity contribution in [1.29, 1.82) is 0 Å². The molecule has 0 spiro atoms. The first-order valence-electron chi connectivity index (χ1n) is 5.71. The molecule has 0 aliphatic heterocycles. The highest BCUT2D eigenvalue weighted by atomic mass is 19.2. The fourth-order valence-electron chi connectivity index (χ4n) is 1.66. The Labute approximate surface area is 110 Å². The predicted octanol–water partition coefficient (Wildman–Crippen LogP) is 3.17. The van der Waals surface area contributed by atoms with E-state index >= 15 is 0 Å². The van der Waals surface area contributed by atoms with E-state index in [1.807, 2.05) is 0 Å². The van der Waals surface area contributed by atoms with Crippen molar-refractivity contribution in [2.75, 3.05) is 18.2 Å². The summed E-state index contributed by atoms with van der Waals surface area (Å²) in [4.78, 5) is 0. The molecule has 0 aromatic heterocycles. The van der Waals surface area contributed by atoms with Gasteiger partial charge in [-0.05, 0) is 29.8 Å². The van der Waals surface area contributed by atoms with E-state index in [1.165, 1.54) is 6.07 Å². The number of hydrogen-bond acceptors (Lipinski definition) is 3. The van der Waals surface area contributed by atoms with Crippen molar-refractivity contribution in [1.82, 2.24) is 0 Å². The second kappa shape index (κ2) is 5.56. The van der Waals surface area contributed by atoms with Gasteiger partial charge in [-0.1, -0.05) is 6.07 Å². The van der Waals surface area contributed by atoms with Gasteiger partial charge in [0.15, 0.2) is 11.6 Å². The first kappa shape index (κ1) is 13.1. The van der Waals surface area contributed by atoms with E-state index in [9.17, 15) is 8.78 Å². The minimum Gasteiger partial charge on any atom is -0.497 e. The Morgan fingerprint density at radius 1 is 1.11 bits per heavy atom. The summed E-state index contributed by atoms with van der Waals surface area (Å²) in [6, 6.07) is 8.97. The minimum absolute atomic E-state index is 0.342. The zero-order valence-corrected chi connectivity index (χ0v) is 10.4. The van der Waals surface area contributed by atoms with E-state index in [0.29, 0.717) is 29.2 Å². The van der Waals surface area contributed by atoms with Gasteiger partial charge < -0.3 is 15.8 Å². The Kier molecular flexibility index (Phi) is 3.85. The monoisotopic (exact) mass is 264 g/mol. The molecule has 19 heavy (non-hydrogen) atoms. The summed E-state index contributed by atoms with van der Waals surface area (Å²) in [5.74, 6) is -1.05. The average molecular weight is 264 g/mol. The van der Waals surface area contributed by atoms with Crippen molar-refractivity contribution in [3.63, 3.8) is 0 Å². The van der Waals surface area contributed by atoms with Gasteiger partial charge in [-0.3, -0.25) is 0 Å². The second-order valence-corrected chi connectivity index (χ2v) is 4.06. The molecule has 0 radical (unpaired) electrons. The number of rotatable bonds is 4. The van der Waals surface area contributed by atoms with Gasteiger partial charge in [0.05, 0.1) is 18.5 Å². The fourth-order valence-corrected chi connectivity index (χ4v) is 1.66. The van der Waals surface area contributed by atoms with Gasteiger partial charge in [0.1, 0.15) is 5.75 Å². The largest absolute Gasteiger partial charge is 0.497 e. The Balaban J connectivity index is 2.11. The number of ether oxygens (including phenoxy) is 1. The molecule has 0 heterocycles. The number of anilines is 2. The van der Waals surface area contributed by atoms with E-state index in [4.69, 9.17) is 10.5 Å². The highest BCUT2D eigenvalue weighted by Gasteiger charge is 2.04. The third-order valence-corrected chi connectivity index (χ3v) is 2.73. The molecule has 3 N–H and O–H groups in total. The standard InChI is InChI=1S/C14H14F2N2O/c1-19-10-3-5-13(17)14(7-10)18-8-9-2-4-11(15)12(16)6-9/h2-7,18H,8,17H2,1H3. The van der Waals surface area contributed by atoms with Gasteiger partial charge in [-0.2, -0.15) is 0 Å². The number of nitrogens with two attached hydrogens (primary N) is 1. The molecule has 0 unspecified atom stereocenters. The molecule has 0 aliphatic rings. The second-order valence-electron chi connectivity index (χ2n) is 4.06. The molecule has 3 nitrogen and oxygen atoms in total. The summed E-state index contributed by atoms with van der Waals surface area (Å²) in [6.07, 6.45) is 0. The number of methoxy groups -OCH3 is 1. The number of nitrogens with one attached hydrogen (secondary N) is 1. The average Bonchev–Trinajstić information content (AvgIpc) is 2.41. The van der Waals surface area contributed by atoms with Crippen LogP contribution in [0, 0.1) is 11.6 Å². The van der Waals surface area contributed by atoms with Gasteiger partial charge in [-0.15, -0.1) is 0 Å². The lowest BCUT2D eigenvalue weighted by atomic mass is 10.2. The molecule has 0 aliphatic carbocycles. The highest BCUT2D eigenvalue weighted by Crippen LogP contribution is 2.25. The molecule has 2 rings (SSSR count). The molecule has 0 saturated carbocycles. The maximum atomic E-state index is 13.1. The Hall–Kier alpha value is -2.30. The molecule has 0 saturated heterocycles. The highest BCUT2D eigenvalue weighted by molar-refractivity contribution is 5.68. The van der Waals surface area contributed by atoms with Crippen LogP contribution in [0.1, 0.15) is 5.56 Å². The maximum absolute atomic E-state index is 13.1. The van der Waals surface area contributed by atoms with Crippen molar-refractivity contribution in [3.8, 4) is 5.75 Å². The van der Waals surface area contributed by atoms with Crippen LogP contribution >= 0.6 is 0 Å². The zero-order chi connectivity index (χ0) is 13.8. The van der Waals surface area contributed by atoms with Crippen LogP contribution in [0.15, 0.2) is 36.4 Å². The van der Waals surface area contributed by atoms with Crippen molar-refractivity contribution >= 4 is 11.4 Å². The number of nitrogen functional groups attached to an aromatic ring is 1.